The van der Waals surface area contributed by atoms with E-state index in [0.717, 1.165) is 5.56 Å². The van der Waals surface area contributed by atoms with Crippen molar-refractivity contribution in [2.75, 3.05) is 6.61 Å². The summed E-state index contributed by atoms with van der Waals surface area (Å²) in [5.74, 6) is -1.14. The molecular formula is C15H19FO2. The zero-order valence-corrected chi connectivity index (χ0v) is 10.9. The first kappa shape index (κ1) is 14.4. The molecule has 0 bridgehead atoms. The quantitative estimate of drug-likeness (QED) is 0.720. The highest BCUT2D eigenvalue weighted by atomic mass is 19.1. The van der Waals surface area contributed by atoms with E-state index in [1.807, 2.05) is 37.3 Å². The Morgan fingerprint density at radius 1 is 1.33 bits per heavy atom. The van der Waals surface area contributed by atoms with Crippen molar-refractivity contribution < 1.29 is 13.9 Å². The van der Waals surface area contributed by atoms with Crippen LogP contribution in [0.3, 0.4) is 0 Å². The van der Waals surface area contributed by atoms with Gasteiger partial charge in [-0.05, 0) is 25.0 Å². The molecule has 0 fully saturated rings. The standard InChI is InChI=1S/C15H19FO2/c1-3-13(15(17)18-4-2)11-14(16)10-12-8-6-5-7-9-12/h5-9,11,13H,3-4,10H2,1-2H3/b14-11+. The summed E-state index contributed by atoms with van der Waals surface area (Å²) in [4.78, 5) is 11.5. The Kier molecular flexibility index (Phi) is 6.12. The van der Waals surface area contributed by atoms with Gasteiger partial charge >= 0.3 is 5.97 Å². The number of allylic oxidation sites excluding steroid dienone is 1. The Balaban J connectivity index is 2.66. The van der Waals surface area contributed by atoms with Crippen molar-refractivity contribution in [1.29, 1.82) is 0 Å². The van der Waals surface area contributed by atoms with Crippen LogP contribution in [0.2, 0.25) is 0 Å². The molecule has 0 aliphatic heterocycles. The van der Waals surface area contributed by atoms with Gasteiger partial charge in [0.05, 0.1) is 12.5 Å². The fourth-order valence-electron chi connectivity index (χ4n) is 1.67. The first-order valence-corrected chi connectivity index (χ1v) is 6.24. The first-order valence-electron chi connectivity index (χ1n) is 6.24. The lowest BCUT2D eigenvalue weighted by molar-refractivity contribution is -0.146. The topological polar surface area (TPSA) is 26.3 Å². The van der Waals surface area contributed by atoms with Crippen LogP contribution in [-0.2, 0) is 16.0 Å². The summed E-state index contributed by atoms with van der Waals surface area (Å²) in [5.41, 5.74) is 0.893. The van der Waals surface area contributed by atoms with Gasteiger partial charge in [0.1, 0.15) is 5.83 Å². The maximum atomic E-state index is 13.8. The molecule has 1 aromatic carbocycles. The van der Waals surface area contributed by atoms with Gasteiger partial charge in [-0.2, -0.15) is 0 Å². The van der Waals surface area contributed by atoms with E-state index in [2.05, 4.69) is 0 Å². The van der Waals surface area contributed by atoms with Gasteiger partial charge in [-0.25, -0.2) is 4.39 Å². The van der Waals surface area contributed by atoms with Gasteiger partial charge in [0.15, 0.2) is 0 Å². The predicted molar refractivity (Wildman–Crippen MR) is 69.8 cm³/mol. The van der Waals surface area contributed by atoms with Crippen LogP contribution in [0.4, 0.5) is 4.39 Å². The molecule has 0 aliphatic carbocycles. The summed E-state index contributed by atoms with van der Waals surface area (Å²) in [6.45, 7) is 3.91. The summed E-state index contributed by atoms with van der Waals surface area (Å²) in [7, 11) is 0. The number of benzene rings is 1. The molecule has 18 heavy (non-hydrogen) atoms. The molecular weight excluding hydrogens is 231 g/mol. The third-order valence-corrected chi connectivity index (χ3v) is 2.63. The molecule has 1 atom stereocenters. The van der Waals surface area contributed by atoms with Gasteiger partial charge in [-0.3, -0.25) is 4.79 Å². The van der Waals surface area contributed by atoms with E-state index < -0.39 is 5.92 Å². The van der Waals surface area contributed by atoms with Gasteiger partial charge in [-0.15, -0.1) is 0 Å². The molecule has 0 radical (unpaired) electrons. The monoisotopic (exact) mass is 250 g/mol. The number of carbonyl (C=O) groups is 1. The Morgan fingerprint density at radius 2 is 2.00 bits per heavy atom. The normalized spacial score (nSPS) is 13.2. The highest BCUT2D eigenvalue weighted by Crippen LogP contribution is 2.15. The zero-order valence-electron chi connectivity index (χ0n) is 10.9. The Morgan fingerprint density at radius 3 is 2.56 bits per heavy atom. The molecule has 0 spiro atoms. The third-order valence-electron chi connectivity index (χ3n) is 2.63. The van der Waals surface area contributed by atoms with Gasteiger partial charge in [0.2, 0.25) is 0 Å². The summed E-state index contributed by atoms with van der Waals surface area (Å²) in [6.07, 6.45) is 2.13. The number of hydrogen-bond acceptors (Lipinski definition) is 2. The zero-order chi connectivity index (χ0) is 13.4. The van der Waals surface area contributed by atoms with Crippen LogP contribution in [0, 0.1) is 5.92 Å². The summed E-state index contributed by atoms with van der Waals surface area (Å²) in [6, 6.07) is 9.34. The Labute approximate surface area is 107 Å². The van der Waals surface area contributed by atoms with Crippen molar-refractivity contribution in [3.8, 4) is 0 Å². The van der Waals surface area contributed by atoms with Crippen molar-refractivity contribution in [2.24, 2.45) is 5.92 Å². The highest BCUT2D eigenvalue weighted by molar-refractivity contribution is 5.74. The van der Waals surface area contributed by atoms with Gasteiger partial charge in [-0.1, -0.05) is 37.3 Å². The van der Waals surface area contributed by atoms with E-state index in [9.17, 15) is 9.18 Å². The SMILES string of the molecule is CCOC(=O)C(/C=C(/F)Cc1ccccc1)CC. The average Bonchev–Trinajstić information content (AvgIpc) is 2.37. The maximum absolute atomic E-state index is 13.8. The molecule has 1 rings (SSSR count). The number of carbonyl (C=O) groups excluding carboxylic acids is 1. The second kappa shape index (κ2) is 7.64. The van der Waals surface area contributed by atoms with E-state index in [1.54, 1.807) is 6.92 Å². The molecule has 1 unspecified atom stereocenters. The minimum atomic E-state index is -0.492. The molecule has 0 aromatic heterocycles. The van der Waals surface area contributed by atoms with Crippen molar-refractivity contribution >= 4 is 5.97 Å². The number of hydrogen-bond donors (Lipinski definition) is 0. The van der Waals surface area contributed by atoms with E-state index in [4.69, 9.17) is 4.74 Å². The van der Waals surface area contributed by atoms with Crippen LogP contribution in [0.15, 0.2) is 42.2 Å². The molecule has 0 aliphatic rings. The van der Waals surface area contributed by atoms with Crippen LogP contribution in [0.25, 0.3) is 0 Å². The average molecular weight is 250 g/mol. The van der Waals surface area contributed by atoms with Crippen molar-refractivity contribution in [3.05, 3.63) is 47.8 Å². The van der Waals surface area contributed by atoms with Crippen LogP contribution >= 0.6 is 0 Å². The number of halogens is 1. The van der Waals surface area contributed by atoms with Crippen LogP contribution in [0.1, 0.15) is 25.8 Å². The molecule has 0 N–H and O–H groups in total. The number of ether oxygens (including phenoxy) is 1. The highest BCUT2D eigenvalue weighted by Gasteiger charge is 2.16. The lowest BCUT2D eigenvalue weighted by atomic mass is 10.0. The van der Waals surface area contributed by atoms with E-state index in [-0.39, 0.29) is 18.2 Å². The lowest BCUT2D eigenvalue weighted by Gasteiger charge is -2.09. The molecule has 0 heterocycles. The summed E-state index contributed by atoms with van der Waals surface area (Å²) >= 11 is 0. The fourth-order valence-corrected chi connectivity index (χ4v) is 1.67. The molecule has 1 aromatic rings. The first-order chi connectivity index (χ1) is 8.67. The third kappa shape index (κ3) is 4.70. The summed E-state index contributed by atoms with van der Waals surface area (Å²) < 4.78 is 18.7. The molecule has 2 nitrogen and oxygen atoms in total. The smallest absolute Gasteiger partial charge is 0.312 e. The second-order valence-corrected chi connectivity index (χ2v) is 4.04. The van der Waals surface area contributed by atoms with Crippen LogP contribution < -0.4 is 0 Å². The molecule has 3 heteroatoms. The maximum Gasteiger partial charge on any atom is 0.312 e. The van der Waals surface area contributed by atoms with Gasteiger partial charge in [0, 0.05) is 6.42 Å². The molecule has 0 saturated carbocycles. The van der Waals surface area contributed by atoms with Crippen LogP contribution in [0.5, 0.6) is 0 Å². The van der Waals surface area contributed by atoms with Crippen molar-refractivity contribution in [2.45, 2.75) is 26.7 Å². The Bertz CT molecular complexity index is 398. The van der Waals surface area contributed by atoms with Crippen molar-refractivity contribution in [3.63, 3.8) is 0 Å². The lowest BCUT2D eigenvalue weighted by Crippen LogP contribution is -2.15. The van der Waals surface area contributed by atoms with E-state index in [0.29, 0.717) is 13.0 Å². The van der Waals surface area contributed by atoms with Gasteiger partial charge < -0.3 is 4.74 Å². The fraction of sp³-hybridized carbons (Fsp3) is 0.400. The van der Waals surface area contributed by atoms with Crippen LogP contribution in [-0.4, -0.2) is 12.6 Å². The number of esters is 1. The van der Waals surface area contributed by atoms with Crippen molar-refractivity contribution in [1.82, 2.24) is 0 Å². The minimum Gasteiger partial charge on any atom is -0.466 e. The molecule has 0 saturated heterocycles. The number of rotatable bonds is 6. The summed E-state index contributed by atoms with van der Waals surface area (Å²) in [5, 5.41) is 0. The molecule has 98 valence electrons. The predicted octanol–water partition coefficient (Wildman–Crippen LogP) is 3.67. The van der Waals surface area contributed by atoms with E-state index in [1.165, 1.54) is 6.08 Å². The largest absolute Gasteiger partial charge is 0.466 e. The van der Waals surface area contributed by atoms with Gasteiger partial charge in [0.25, 0.3) is 0 Å². The molecule has 0 amide bonds. The van der Waals surface area contributed by atoms with E-state index >= 15 is 0 Å². The second-order valence-electron chi connectivity index (χ2n) is 4.04. The minimum absolute atomic E-state index is 0.219. The Hall–Kier alpha value is -1.64.